The first-order valence-corrected chi connectivity index (χ1v) is 5.63. The summed E-state index contributed by atoms with van der Waals surface area (Å²) in [6, 6.07) is 1.71. The number of nitrogen functional groups attached to an aromatic ring is 1. The molecule has 0 unspecified atom stereocenters. The van der Waals surface area contributed by atoms with Crippen molar-refractivity contribution in [3.05, 3.63) is 45.4 Å². The second-order valence-electron chi connectivity index (χ2n) is 4.07. The van der Waals surface area contributed by atoms with E-state index in [-0.39, 0.29) is 0 Å². The minimum Gasteiger partial charge on any atom is -0.382 e. The molecule has 0 bridgehead atoms. The summed E-state index contributed by atoms with van der Waals surface area (Å²) in [5.41, 5.74) is 4.48. The number of hydrogen-bond acceptors (Lipinski definition) is 4. The minimum atomic E-state index is -0.513. The Labute approximate surface area is 103 Å². The van der Waals surface area contributed by atoms with Crippen molar-refractivity contribution < 1.29 is 0 Å². The Morgan fingerprint density at radius 3 is 2.61 bits per heavy atom. The third-order valence-electron chi connectivity index (χ3n) is 2.68. The van der Waals surface area contributed by atoms with Gasteiger partial charge in [0.05, 0.1) is 0 Å². The maximum Gasteiger partial charge on any atom is 0.316 e. The van der Waals surface area contributed by atoms with Gasteiger partial charge >= 0.3 is 11.1 Å². The zero-order valence-electron chi connectivity index (χ0n) is 10.1. The maximum atomic E-state index is 11.6. The zero-order chi connectivity index (χ0) is 13.1. The Morgan fingerprint density at radius 1 is 1.17 bits per heavy atom. The molecule has 2 N–H and O–H groups in total. The predicted molar refractivity (Wildman–Crippen MR) is 67.2 cm³/mol. The molecule has 0 amide bonds. The van der Waals surface area contributed by atoms with Gasteiger partial charge in [-0.2, -0.15) is 5.10 Å². The van der Waals surface area contributed by atoms with Crippen LogP contribution >= 0.6 is 0 Å². The van der Waals surface area contributed by atoms with Gasteiger partial charge in [-0.1, -0.05) is 0 Å². The second kappa shape index (κ2) is 4.91. The molecular weight excluding hydrogens is 234 g/mol. The molecule has 0 aromatic carbocycles. The van der Waals surface area contributed by atoms with Crippen LogP contribution in [0.5, 0.6) is 0 Å². The number of aryl methyl sites for hydroxylation is 3. The zero-order valence-corrected chi connectivity index (χ0v) is 10.1. The van der Waals surface area contributed by atoms with Gasteiger partial charge < -0.3 is 14.9 Å². The summed E-state index contributed by atoms with van der Waals surface area (Å²) in [5.74, 6) is 0.473. The van der Waals surface area contributed by atoms with Crippen LogP contribution in [0.2, 0.25) is 0 Å². The van der Waals surface area contributed by atoms with Gasteiger partial charge in [0.15, 0.2) is 0 Å². The van der Waals surface area contributed by atoms with Gasteiger partial charge in [-0.25, -0.2) is 0 Å². The number of aromatic nitrogens is 4. The van der Waals surface area contributed by atoms with Gasteiger partial charge in [-0.05, 0) is 12.5 Å². The standard InChI is InChI=1S/C11H15N5O2/c1-14-7-8-15(11(18)10(14)17)4-2-5-16-6-3-9(12)13-16/h3,6-8H,2,4-5H2,1H3,(H2,12,13). The van der Waals surface area contributed by atoms with E-state index in [0.717, 1.165) is 0 Å². The molecule has 0 saturated heterocycles. The Bertz CT molecular complexity index is 652. The van der Waals surface area contributed by atoms with E-state index < -0.39 is 11.1 Å². The normalized spacial score (nSPS) is 10.7. The summed E-state index contributed by atoms with van der Waals surface area (Å²) in [7, 11) is 1.56. The molecule has 0 aliphatic rings. The molecule has 0 radical (unpaired) electrons. The smallest absolute Gasteiger partial charge is 0.316 e. The molecule has 0 aliphatic heterocycles. The topological polar surface area (TPSA) is 87.8 Å². The molecule has 7 heteroatoms. The molecule has 0 aliphatic carbocycles. The van der Waals surface area contributed by atoms with Gasteiger partial charge in [0.1, 0.15) is 5.82 Å². The van der Waals surface area contributed by atoms with Crippen LogP contribution < -0.4 is 16.9 Å². The van der Waals surface area contributed by atoms with Crippen LogP contribution in [0.25, 0.3) is 0 Å². The van der Waals surface area contributed by atoms with Crippen molar-refractivity contribution in [2.45, 2.75) is 19.5 Å². The second-order valence-corrected chi connectivity index (χ2v) is 4.07. The van der Waals surface area contributed by atoms with E-state index >= 15 is 0 Å². The summed E-state index contributed by atoms with van der Waals surface area (Å²) in [5, 5.41) is 4.04. The number of rotatable bonds is 4. The van der Waals surface area contributed by atoms with Crippen molar-refractivity contribution in [3.8, 4) is 0 Å². The lowest BCUT2D eigenvalue weighted by molar-refractivity contribution is 0.514. The SMILES string of the molecule is Cn1ccn(CCCn2ccc(N)n2)c(=O)c1=O. The average molecular weight is 249 g/mol. The third kappa shape index (κ3) is 2.50. The number of nitrogens with zero attached hydrogens (tertiary/aromatic N) is 4. The minimum absolute atomic E-state index is 0.473. The van der Waals surface area contributed by atoms with Crippen LogP contribution in [0.3, 0.4) is 0 Å². The monoisotopic (exact) mass is 249 g/mol. The van der Waals surface area contributed by atoms with Crippen LogP contribution in [0, 0.1) is 0 Å². The number of nitrogens with two attached hydrogens (primary N) is 1. The lowest BCUT2D eigenvalue weighted by Gasteiger charge is -2.06. The van der Waals surface area contributed by atoms with Crippen LogP contribution in [-0.2, 0) is 20.1 Å². The highest BCUT2D eigenvalue weighted by atomic mass is 16.2. The Morgan fingerprint density at radius 2 is 1.94 bits per heavy atom. The molecule has 2 rings (SSSR count). The Hall–Kier alpha value is -2.31. The van der Waals surface area contributed by atoms with Crippen LogP contribution in [0.1, 0.15) is 6.42 Å². The molecule has 0 atom stereocenters. The highest BCUT2D eigenvalue weighted by molar-refractivity contribution is 5.23. The summed E-state index contributed by atoms with van der Waals surface area (Å²) in [4.78, 5) is 23.0. The molecule has 2 aromatic heterocycles. The van der Waals surface area contributed by atoms with E-state index in [9.17, 15) is 9.59 Å². The Balaban J connectivity index is 2.01. The Kier molecular flexibility index (Phi) is 3.31. The first kappa shape index (κ1) is 12.2. The number of hydrogen-bond donors (Lipinski definition) is 1. The van der Waals surface area contributed by atoms with E-state index in [1.165, 1.54) is 9.13 Å². The summed E-state index contributed by atoms with van der Waals surface area (Å²) in [6.07, 6.45) is 5.67. The predicted octanol–water partition coefficient (Wildman–Crippen LogP) is -0.584. The van der Waals surface area contributed by atoms with Crippen molar-refractivity contribution in [2.75, 3.05) is 5.73 Å². The maximum absolute atomic E-state index is 11.6. The van der Waals surface area contributed by atoms with Gasteiger partial charge in [0.25, 0.3) is 0 Å². The molecule has 18 heavy (non-hydrogen) atoms. The molecular formula is C11H15N5O2. The fourth-order valence-electron chi connectivity index (χ4n) is 1.67. The van der Waals surface area contributed by atoms with Crippen molar-refractivity contribution in [2.24, 2.45) is 7.05 Å². The van der Waals surface area contributed by atoms with Crippen LogP contribution in [0.15, 0.2) is 34.2 Å². The molecule has 0 spiro atoms. The fraction of sp³-hybridized carbons (Fsp3) is 0.364. The van der Waals surface area contributed by atoms with Gasteiger partial charge in [-0.3, -0.25) is 14.3 Å². The van der Waals surface area contributed by atoms with Crippen LogP contribution in [-0.4, -0.2) is 18.9 Å². The van der Waals surface area contributed by atoms with Crippen molar-refractivity contribution in [1.82, 2.24) is 18.9 Å². The largest absolute Gasteiger partial charge is 0.382 e. The number of anilines is 1. The van der Waals surface area contributed by atoms with Gasteiger partial charge in [-0.15, -0.1) is 0 Å². The van der Waals surface area contributed by atoms with E-state index in [1.54, 1.807) is 36.4 Å². The first-order valence-electron chi connectivity index (χ1n) is 5.63. The molecule has 0 fully saturated rings. The quantitative estimate of drug-likeness (QED) is 0.734. The van der Waals surface area contributed by atoms with Crippen molar-refractivity contribution >= 4 is 5.82 Å². The van der Waals surface area contributed by atoms with E-state index in [4.69, 9.17) is 5.73 Å². The van der Waals surface area contributed by atoms with Crippen LogP contribution in [0.4, 0.5) is 5.82 Å². The summed E-state index contributed by atoms with van der Waals surface area (Å²) < 4.78 is 4.39. The highest BCUT2D eigenvalue weighted by Crippen LogP contribution is 1.97. The average Bonchev–Trinajstić information content (AvgIpc) is 2.75. The molecule has 2 heterocycles. The van der Waals surface area contributed by atoms with Gasteiger partial charge in [0, 0.05) is 38.7 Å². The molecule has 2 aromatic rings. The molecule has 96 valence electrons. The first-order chi connectivity index (χ1) is 8.58. The van der Waals surface area contributed by atoms with E-state index in [0.29, 0.717) is 25.3 Å². The van der Waals surface area contributed by atoms with E-state index in [1.807, 2.05) is 0 Å². The lowest BCUT2D eigenvalue weighted by atomic mass is 10.4. The van der Waals surface area contributed by atoms with Crippen molar-refractivity contribution in [1.29, 1.82) is 0 Å². The fourth-order valence-corrected chi connectivity index (χ4v) is 1.67. The third-order valence-corrected chi connectivity index (χ3v) is 2.68. The lowest BCUT2D eigenvalue weighted by Crippen LogP contribution is -2.39. The molecule has 7 nitrogen and oxygen atoms in total. The molecule has 0 saturated carbocycles. The van der Waals surface area contributed by atoms with Gasteiger partial charge in [0.2, 0.25) is 0 Å². The summed E-state index contributed by atoms with van der Waals surface area (Å²) in [6.45, 7) is 1.13. The van der Waals surface area contributed by atoms with Crippen molar-refractivity contribution in [3.63, 3.8) is 0 Å². The summed E-state index contributed by atoms with van der Waals surface area (Å²) >= 11 is 0. The van der Waals surface area contributed by atoms with E-state index in [2.05, 4.69) is 5.10 Å². The highest BCUT2D eigenvalue weighted by Gasteiger charge is 2.02.